The van der Waals surface area contributed by atoms with Gasteiger partial charge in [0.2, 0.25) is 0 Å². The molecule has 0 aliphatic heterocycles. The van der Waals surface area contributed by atoms with Crippen molar-refractivity contribution in [1.82, 2.24) is 4.98 Å². The number of rotatable bonds is 1. The fourth-order valence-corrected chi connectivity index (χ4v) is 0.789. The summed E-state index contributed by atoms with van der Waals surface area (Å²) in [5, 5.41) is 0. The highest BCUT2D eigenvalue weighted by Crippen LogP contribution is 2.11. The van der Waals surface area contributed by atoms with Crippen molar-refractivity contribution in [3.63, 3.8) is 0 Å². The van der Waals surface area contributed by atoms with Crippen LogP contribution < -0.4 is 5.73 Å². The van der Waals surface area contributed by atoms with Gasteiger partial charge in [0.05, 0.1) is 0 Å². The summed E-state index contributed by atoms with van der Waals surface area (Å²) >= 11 is 2.93. The van der Waals surface area contributed by atoms with Crippen LogP contribution in [0.2, 0.25) is 0 Å². The van der Waals surface area contributed by atoms with Gasteiger partial charge in [0.1, 0.15) is 4.60 Å². The van der Waals surface area contributed by atoms with E-state index in [1.807, 2.05) is 0 Å². The monoisotopic (exact) mass is 204 g/mol. The third-order valence-corrected chi connectivity index (χ3v) is 1.67. The minimum Gasteiger partial charge on any atom is -0.326 e. The van der Waals surface area contributed by atoms with Crippen LogP contribution in [0.25, 0.3) is 0 Å². The number of aromatic nitrogens is 1. The SMILES string of the molecule is NCc1cnc(Br)c(F)c1. The third-order valence-electron chi connectivity index (χ3n) is 1.09. The molecule has 10 heavy (non-hydrogen) atoms. The summed E-state index contributed by atoms with van der Waals surface area (Å²) in [7, 11) is 0. The zero-order valence-electron chi connectivity index (χ0n) is 5.14. The van der Waals surface area contributed by atoms with Crippen LogP contribution in [0.4, 0.5) is 4.39 Å². The molecule has 2 nitrogen and oxygen atoms in total. The van der Waals surface area contributed by atoms with E-state index in [0.717, 1.165) is 0 Å². The first kappa shape index (κ1) is 7.63. The average molecular weight is 205 g/mol. The standard InChI is InChI=1S/C6H6BrFN2/c7-6-5(8)1-4(2-9)3-10-6/h1,3H,2,9H2. The fraction of sp³-hybridized carbons (Fsp3) is 0.167. The summed E-state index contributed by atoms with van der Waals surface area (Å²) in [6.07, 6.45) is 1.53. The molecule has 0 saturated carbocycles. The molecule has 0 spiro atoms. The van der Waals surface area contributed by atoms with Crippen molar-refractivity contribution < 1.29 is 4.39 Å². The maximum atomic E-state index is 12.6. The maximum absolute atomic E-state index is 12.6. The van der Waals surface area contributed by atoms with Crippen LogP contribution >= 0.6 is 15.9 Å². The van der Waals surface area contributed by atoms with E-state index in [2.05, 4.69) is 20.9 Å². The molecule has 4 heteroatoms. The fourth-order valence-electron chi connectivity index (χ4n) is 0.572. The van der Waals surface area contributed by atoms with Crippen LogP contribution in [-0.2, 0) is 6.54 Å². The van der Waals surface area contributed by atoms with Gasteiger partial charge in [-0.05, 0) is 27.6 Å². The van der Waals surface area contributed by atoms with Gasteiger partial charge in [0, 0.05) is 12.7 Å². The molecule has 1 rings (SSSR count). The lowest BCUT2D eigenvalue weighted by atomic mass is 10.3. The highest BCUT2D eigenvalue weighted by molar-refractivity contribution is 9.10. The zero-order valence-corrected chi connectivity index (χ0v) is 6.73. The summed E-state index contributed by atoms with van der Waals surface area (Å²) in [6, 6.07) is 1.36. The third kappa shape index (κ3) is 1.52. The van der Waals surface area contributed by atoms with E-state index in [9.17, 15) is 4.39 Å². The predicted octanol–water partition coefficient (Wildman–Crippen LogP) is 1.44. The molecule has 1 heterocycles. The zero-order chi connectivity index (χ0) is 7.56. The van der Waals surface area contributed by atoms with Crippen molar-refractivity contribution in [1.29, 1.82) is 0 Å². The van der Waals surface area contributed by atoms with Crippen LogP contribution in [0.3, 0.4) is 0 Å². The molecule has 0 unspecified atom stereocenters. The molecule has 0 amide bonds. The molecule has 1 aromatic rings. The van der Waals surface area contributed by atoms with Gasteiger partial charge >= 0.3 is 0 Å². The number of nitrogens with two attached hydrogens (primary N) is 1. The van der Waals surface area contributed by atoms with Gasteiger partial charge in [-0.15, -0.1) is 0 Å². The lowest BCUT2D eigenvalue weighted by Crippen LogP contribution is -1.97. The van der Waals surface area contributed by atoms with Crippen LogP contribution in [0.5, 0.6) is 0 Å². The minimum absolute atomic E-state index is 0.227. The quantitative estimate of drug-likeness (QED) is 0.704. The summed E-state index contributed by atoms with van der Waals surface area (Å²) in [5.74, 6) is -0.372. The number of hydrogen-bond acceptors (Lipinski definition) is 2. The van der Waals surface area contributed by atoms with E-state index in [0.29, 0.717) is 12.1 Å². The number of nitrogens with zero attached hydrogens (tertiary/aromatic N) is 1. The molecule has 54 valence electrons. The summed E-state index contributed by atoms with van der Waals surface area (Å²) in [5.41, 5.74) is 5.94. The maximum Gasteiger partial charge on any atom is 0.156 e. The van der Waals surface area contributed by atoms with Gasteiger partial charge in [-0.3, -0.25) is 0 Å². The van der Waals surface area contributed by atoms with Crippen LogP contribution in [-0.4, -0.2) is 4.98 Å². The minimum atomic E-state index is -0.372. The Kier molecular flexibility index (Phi) is 2.34. The molecule has 0 saturated heterocycles. The van der Waals surface area contributed by atoms with Crippen molar-refractivity contribution in [2.45, 2.75) is 6.54 Å². The lowest BCUT2D eigenvalue weighted by molar-refractivity contribution is 0.610. The van der Waals surface area contributed by atoms with Gasteiger partial charge in [-0.25, -0.2) is 9.37 Å². The van der Waals surface area contributed by atoms with Crippen LogP contribution in [0, 0.1) is 5.82 Å². The van der Waals surface area contributed by atoms with Gasteiger partial charge < -0.3 is 5.73 Å². The highest BCUT2D eigenvalue weighted by atomic mass is 79.9. The van der Waals surface area contributed by atoms with E-state index >= 15 is 0 Å². The Labute approximate surface area is 66.4 Å². The molecular formula is C6H6BrFN2. The summed E-state index contributed by atoms with van der Waals surface area (Å²) < 4.78 is 12.8. The number of halogens is 2. The van der Waals surface area contributed by atoms with E-state index in [1.165, 1.54) is 12.3 Å². The van der Waals surface area contributed by atoms with Gasteiger partial charge in [-0.1, -0.05) is 0 Å². The van der Waals surface area contributed by atoms with Gasteiger partial charge in [0.15, 0.2) is 5.82 Å². The normalized spacial score (nSPS) is 9.90. The Morgan fingerprint density at radius 3 is 2.90 bits per heavy atom. The molecule has 1 aromatic heterocycles. The number of pyridine rings is 1. The number of hydrogen-bond donors (Lipinski definition) is 1. The molecule has 0 fully saturated rings. The van der Waals surface area contributed by atoms with Crippen molar-refractivity contribution in [3.05, 3.63) is 28.2 Å². The first-order valence-corrected chi connectivity index (χ1v) is 3.53. The second kappa shape index (κ2) is 3.07. The Hall–Kier alpha value is -0.480. The Morgan fingerprint density at radius 2 is 2.40 bits per heavy atom. The molecule has 0 aliphatic rings. The van der Waals surface area contributed by atoms with Crippen molar-refractivity contribution in [3.8, 4) is 0 Å². The molecule has 0 aliphatic carbocycles. The molecule has 0 radical (unpaired) electrons. The second-order valence-electron chi connectivity index (χ2n) is 1.82. The van der Waals surface area contributed by atoms with Crippen LogP contribution in [0.1, 0.15) is 5.56 Å². The molecule has 2 N–H and O–H groups in total. The molecule has 0 bridgehead atoms. The van der Waals surface area contributed by atoms with Gasteiger partial charge in [-0.2, -0.15) is 0 Å². The predicted molar refractivity (Wildman–Crippen MR) is 39.8 cm³/mol. The molecule has 0 aromatic carbocycles. The second-order valence-corrected chi connectivity index (χ2v) is 2.57. The topological polar surface area (TPSA) is 38.9 Å². The Bertz CT molecular complexity index is 239. The summed E-state index contributed by atoms with van der Waals surface area (Å²) in [4.78, 5) is 3.71. The summed E-state index contributed by atoms with van der Waals surface area (Å²) in [6.45, 7) is 0.317. The van der Waals surface area contributed by atoms with E-state index in [-0.39, 0.29) is 10.4 Å². The smallest absolute Gasteiger partial charge is 0.156 e. The first-order valence-electron chi connectivity index (χ1n) is 2.74. The average Bonchev–Trinajstić information content (AvgIpc) is 1.95. The highest BCUT2D eigenvalue weighted by Gasteiger charge is 1.99. The van der Waals surface area contributed by atoms with Crippen molar-refractivity contribution >= 4 is 15.9 Å². The van der Waals surface area contributed by atoms with Crippen molar-refractivity contribution in [2.24, 2.45) is 5.73 Å². The first-order chi connectivity index (χ1) is 4.74. The van der Waals surface area contributed by atoms with E-state index in [1.54, 1.807) is 0 Å². The lowest BCUT2D eigenvalue weighted by Gasteiger charge is -1.95. The molecule has 0 atom stereocenters. The van der Waals surface area contributed by atoms with Gasteiger partial charge in [0.25, 0.3) is 0 Å². The van der Waals surface area contributed by atoms with E-state index in [4.69, 9.17) is 5.73 Å². The largest absolute Gasteiger partial charge is 0.326 e. The Balaban J connectivity index is 3.04. The van der Waals surface area contributed by atoms with Crippen molar-refractivity contribution in [2.75, 3.05) is 0 Å². The Morgan fingerprint density at radius 1 is 1.70 bits per heavy atom. The van der Waals surface area contributed by atoms with Crippen LogP contribution in [0.15, 0.2) is 16.9 Å². The van der Waals surface area contributed by atoms with E-state index < -0.39 is 0 Å². The molecular weight excluding hydrogens is 199 g/mol.